The minimum atomic E-state index is -1.02. The van der Waals surface area contributed by atoms with Gasteiger partial charge in [-0.05, 0) is 22.9 Å². The van der Waals surface area contributed by atoms with Crippen molar-refractivity contribution >= 4 is 27.7 Å². The summed E-state index contributed by atoms with van der Waals surface area (Å²) in [4.78, 5) is 18.8. The van der Waals surface area contributed by atoms with Gasteiger partial charge in [0.15, 0.2) is 5.69 Å². The molecule has 2 rings (SSSR count). The van der Waals surface area contributed by atoms with Crippen LogP contribution < -0.4 is 0 Å². The van der Waals surface area contributed by atoms with E-state index in [1.54, 1.807) is 6.20 Å². The number of hydrogen-bond acceptors (Lipinski definition) is 3. The third kappa shape index (κ3) is 1.27. The second kappa shape index (κ2) is 3.06. The van der Waals surface area contributed by atoms with Crippen molar-refractivity contribution in [1.29, 1.82) is 0 Å². The Balaban J connectivity index is 2.80. The van der Waals surface area contributed by atoms with Crippen LogP contribution >= 0.6 is 15.9 Å². The number of hydrogen-bond donors (Lipinski definition) is 1. The Bertz CT molecular complexity index is 521. The van der Waals surface area contributed by atoms with Crippen LogP contribution in [0.3, 0.4) is 0 Å². The number of aromatic nitrogens is 3. The zero-order chi connectivity index (χ0) is 10.3. The average molecular weight is 256 g/mol. The first-order valence-electron chi connectivity index (χ1n) is 3.83. The van der Waals surface area contributed by atoms with Gasteiger partial charge in [-0.25, -0.2) is 14.8 Å². The van der Waals surface area contributed by atoms with Gasteiger partial charge in [0.25, 0.3) is 0 Å². The molecule has 0 aliphatic carbocycles. The second-order valence-electron chi connectivity index (χ2n) is 2.79. The fourth-order valence-corrected chi connectivity index (χ4v) is 1.42. The number of aromatic carboxylic acids is 1. The fourth-order valence-electron chi connectivity index (χ4n) is 1.13. The topological polar surface area (TPSA) is 67.5 Å². The van der Waals surface area contributed by atoms with Gasteiger partial charge in [-0.15, -0.1) is 0 Å². The van der Waals surface area contributed by atoms with Crippen molar-refractivity contribution in [1.82, 2.24) is 14.4 Å². The summed E-state index contributed by atoms with van der Waals surface area (Å²) in [5.74, 6) is -0.627. The van der Waals surface area contributed by atoms with Crippen LogP contribution in [0.5, 0.6) is 0 Å². The van der Waals surface area contributed by atoms with Crippen molar-refractivity contribution in [3.05, 3.63) is 28.3 Å². The molecule has 0 saturated carbocycles. The highest BCUT2D eigenvalue weighted by Crippen LogP contribution is 2.15. The lowest BCUT2D eigenvalue weighted by Gasteiger charge is -1.99. The molecule has 2 heterocycles. The Morgan fingerprint density at radius 2 is 2.36 bits per heavy atom. The molecule has 2 aromatic rings. The molecule has 2 aromatic heterocycles. The van der Waals surface area contributed by atoms with Crippen molar-refractivity contribution in [2.45, 2.75) is 6.92 Å². The smallest absolute Gasteiger partial charge is 0.354 e. The molecule has 1 N–H and O–H groups in total. The number of fused-ring (bicyclic) bond motifs is 1. The summed E-state index contributed by atoms with van der Waals surface area (Å²) in [6, 6.07) is 0. The van der Waals surface area contributed by atoms with Gasteiger partial charge in [0, 0.05) is 6.20 Å². The second-order valence-corrected chi connectivity index (χ2v) is 3.65. The normalized spacial score (nSPS) is 10.7. The minimum absolute atomic E-state index is 0.105. The fraction of sp³-hybridized carbons (Fsp3) is 0.125. The molecule has 0 unspecified atom stereocenters. The van der Waals surface area contributed by atoms with E-state index in [1.807, 2.05) is 6.92 Å². The maximum Gasteiger partial charge on any atom is 0.354 e. The van der Waals surface area contributed by atoms with Gasteiger partial charge in [-0.1, -0.05) is 0 Å². The van der Waals surface area contributed by atoms with E-state index in [1.165, 1.54) is 10.6 Å². The molecule has 14 heavy (non-hydrogen) atoms. The number of carboxylic acid groups (broad SMARTS) is 1. The molecule has 0 aliphatic heterocycles. The van der Waals surface area contributed by atoms with Crippen LogP contribution in [0.1, 0.15) is 16.2 Å². The summed E-state index contributed by atoms with van der Waals surface area (Å²) >= 11 is 3.28. The number of halogens is 1. The van der Waals surface area contributed by atoms with E-state index in [4.69, 9.17) is 5.11 Å². The number of aryl methyl sites for hydroxylation is 1. The Labute approximate surface area is 87.5 Å². The molecular formula is C8H6BrN3O2. The first kappa shape index (κ1) is 9.14. The van der Waals surface area contributed by atoms with E-state index in [-0.39, 0.29) is 5.69 Å². The summed E-state index contributed by atoms with van der Waals surface area (Å²) in [5.41, 5.74) is 0.883. The number of imidazole rings is 1. The zero-order valence-electron chi connectivity index (χ0n) is 7.23. The Hall–Kier alpha value is -1.43. The van der Waals surface area contributed by atoms with Crippen LogP contribution in [0.2, 0.25) is 0 Å². The predicted octanol–water partition coefficient (Wildman–Crippen LogP) is 1.50. The number of rotatable bonds is 1. The van der Waals surface area contributed by atoms with Gasteiger partial charge in [-0.3, -0.25) is 4.40 Å². The quantitative estimate of drug-likeness (QED) is 0.839. The van der Waals surface area contributed by atoms with Gasteiger partial charge >= 0.3 is 5.97 Å². The molecular weight excluding hydrogens is 250 g/mol. The predicted molar refractivity (Wildman–Crippen MR) is 52.4 cm³/mol. The van der Waals surface area contributed by atoms with Crippen LogP contribution in [0.15, 0.2) is 16.9 Å². The van der Waals surface area contributed by atoms with Gasteiger partial charge in [-0.2, -0.15) is 0 Å². The number of nitrogens with zero attached hydrogens (tertiary/aromatic N) is 3. The zero-order valence-corrected chi connectivity index (χ0v) is 8.82. The molecule has 72 valence electrons. The van der Waals surface area contributed by atoms with E-state index in [0.29, 0.717) is 5.78 Å². The number of carboxylic acids is 1. The molecule has 5 nitrogen and oxygen atoms in total. The minimum Gasteiger partial charge on any atom is -0.477 e. The molecule has 6 heteroatoms. The van der Waals surface area contributed by atoms with Crippen molar-refractivity contribution in [3.63, 3.8) is 0 Å². The standard InChI is InChI=1S/C8H6BrN3O2/c1-4-5(9)3-12-6(7(13)14)2-10-8(12)11-4/h2-3H,1H3,(H,13,14). The van der Waals surface area contributed by atoms with E-state index in [2.05, 4.69) is 25.9 Å². The van der Waals surface area contributed by atoms with Crippen molar-refractivity contribution in [2.24, 2.45) is 0 Å². The third-order valence-electron chi connectivity index (χ3n) is 1.85. The van der Waals surface area contributed by atoms with E-state index in [9.17, 15) is 4.79 Å². The van der Waals surface area contributed by atoms with Crippen LogP contribution in [0.25, 0.3) is 5.78 Å². The Morgan fingerprint density at radius 1 is 1.64 bits per heavy atom. The summed E-state index contributed by atoms with van der Waals surface area (Å²) < 4.78 is 2.19. The lowest BCUT2D eigenvalue weighted by atomic mass is 10.4. The molecule has 0 saturated heterocycles. The van der Waals surface area contributed by atoms with Gasteiger partial charge in [0.1, 0.15) is 0 Å². The molecule has 0 atom stereocenters. The van der Waals surface area contributed by atoms with E-state index < -0.39 is 5.97 Å². The van der Waals surface area contributed by atoms with Crippen LogP contribution in [-0.2, 0) is 0 Å². The monoisotopic (exact) mass is 255 g/mol. The summed E-state index contributed by atoms with van der Waals surface area (Å²) in [6.07, 6.45) is 2.94. The average Bonchev–Trinajstić information content (AvgIpc) is 2.48. The van der Waals surface area contributed by atoms with Crippen molar-refractivity contribution in [2.75, 3.05) is 0 Å². The maximum atomic E-state index is 10.8. The molecule has 0 amide bonds. The molecule has 0 aromatic carbocycles. The largest absolute Gasteiger partial charge is 0.477 e. The third-order valence-corrected chi connectivity index (χ3v) is 2.63. The lowest BCUT2D eigenvalue weighted by Crippen LogP contribution is -2.02. The maximum absolute atomic E-state index is 10.8. The number of carbonyl (C=O) groups is 1. The van der Waals surface area contributed by atoms with Crippen molar-refractivity contribution in [3.8, 4) is 0 Å². The molecule has 0 bridgehead atoms. The molecule has 0 aliphatic rings. The highest BCUT2D eigenvalue weighted by Gasteiger charge is 2.11. The molecule has 0 radical (unpaired) electrons. The van der Waals surface area contributed by atoms with E-state index >= 15 is 0 Å². The SMILES string of the molecule is Cc1nc2ncc(C(=O)O)n2cc1Br. The highest BCUT2D eigenvalue weighted by molar-refractivity contribution is 9.10. The summed E-state index contributed by atoms with van der Waals surface area (Å²) in [5, 5.41) is 8.83. The van der Waals surface area contributed by atoms with Crippen molar-refractivity contribution < 1.29 is 9.90 Å². The first-order chi connectivity index (χ1) is 6.59. The first-order valence-corrected chi connectivity index (χ1v) is 4.62. The Kier molecular flexibility index (Phi) is 1.99. The lowest BCUT2D eigenvalue weighted by molar-refractivity contribution is 0.0689. The summed E-state index contributed by atoms with van der Waals surface area (Å²) in [7, 11) is 0. The molecule has 0 spiro atoms. The van der Waals surface area contributed by atoms with Gasteiger partial charge < -0.3 is 5.11 Å². The van der Waals surface area contributed by atoms with Crippen LogP contribution in [0.4, 0.5) is 0 Å². The summed E-state index contributed by atoms with van der Waals surface area (Å²) in [6.45, 7) is 1.82. The van der Waals surface area contributed by atoms with Gasteiger partial charge in [0.05, 0.1) is 16.4 Å². The Morgan fingerprint density at radius 3 is 3.00 bits per heavy atom. The molecule has 0 fully saturated rings. The van der Waals surface area contributed by atoms with Crippen LogP contribution in [0, 0.1) is 6.92 Å². The highest BCUT2D eigenvalue weighted by atomic mass is 79.9. The van der Waals surface area contributed by atoms with Gasteiger partial charge in [0.2, 0.25) is 5.78 Å². The van der Waals surface area contributed by atoms with E-state index in [0.717, 1.165) is 10.2 Å². The van der Waals surface area contributed by atoms with Crippen LogP contribution in [-0.4, -0.2) is 25.4 Å².